The molecule has 0 bridgehead atoms. The van der Waals surface area contributed by atoms with Gasteiger partial charge in [0.15, 0.2) is 0 Å². The number of anilines is 2. The van der Waals surface area contributed by atoms with Crippen LogP contribution in [0.4, 0.5) is 11.4 Å². The van der Waals surface area contributed by atoms with Crippen LogP contribution in [0.3, 0.4) is 0 Å². The van der Waals surface area contributed by atoms with Crippen LogP contribution >= 0.6 is 11.6 Å². The van der Waals surface area contributed by atoms with Crippen molar-refractivity contribution in [2.45, 2.75) is 11.8 Å². The van der Waals surface area contributed by atoms with Gasteiger partial charge < -0.3 is 14.8 Å². The van der Waals surface area contributed by atoms with Gasteiger partial charge in [0, 0.05) is 16.8 Å². The molecule has 0 atom stereocenters. The number of carbonyl (C=O) groups excluding carboxylic acids is 1. The summed E-state index contributed by atoms with van der Waals surface area (Å²) < 4.78 is 38.4. The maximum atomic E-state index is 13.4. The maximum Gasteiger partial charge on any atom is 0.264 e. The van der Waals surface area contributed by atoms with E-state index in [0.717, 1.165) is 4.31 Å². The Morgan fingerprint density at radius 1 is 1.00 bits per heavy atom. The molecular formula is C23H23ClN2O5S. The molecule has 0 saturated heterocycles. The van der Waals surface area contributed by atoms with Gasteiger partial charge in [-0.2, -0.15) is 0 Å². The van der Waals surface area contributed by atoms with Crippen LogP contribution in [-0.4, -0.2) is 34.6 Å². The van der Waals surface area contributed by atoms with Crippen molar-refractivity contribution in [1.82, 2.24) is 0 Å². The van der Waals surface area contributed by atoms with Crippen molar-refractivity contribution in [3.05, 3.63) is 77.8 Å². The fourth-order valence-corrected chi connectivity index (χ4v) is 4.58. The number of nitrogens with zero attached hydrogens (tertiary/aromatic N) is 1. The molecule has 0 saturated carbocycles. The molecule has 0 aliphatic heterocycles. The highest BCUT2D eigenvalue weighted by Gasteiger charge is 2.27. The van der Waals surface area contributed by atoms with Gasteiger partial charge in [0.1, 0.15) is 18.0 Å². The molecule has 0 aromatic heterocycles. The number of hydrogen-bond donors (Lipinski definition) is 1. The van der Waals surface area contributed by atoms with Crippen molar-refractivity contribution in [3.8, 4) is 11.5 Å². The Morgan fingerprint density at radius 3 is 2.38 bits per heavy atom. The van der Waals surface area contributed by atoms with E-state index in [-0.39, 0.29) is 10.6 Å². The minimum absolute atomic E-state index is 0.0180. The van der Waals surface area contributed by atoms with Crippen LogP contribution in [0.5, 0.6) is 11.5 Å². The van der Waals surface area contributed by atoms with Gasteiger partial charge in [-0.3, -0.25) is 9.10 Å². The molecule has 0 spiro atoms. The van der Waals surface area contributed by atoms with Crippen molar-refractivity contribution < 1.29 is 22.7 Å². The topological polar surface area (TPSA) is 84.9 Å². The summed E-state index contributed by atoms with van der Waals surface area (Å²) >= 11 is 6.09. The summed E-state index contributed by atoms with van der Waals surface area (Å²) in [7, 11) is -2.57. The number of hydrogen-bond acceptors (Lipinski definition) is 5. The second kappa shape index (κ2) is 10.4. The molecule has 0 aliphatic rings. The second-order valence-corrected chi connectivity index (χ2v) is 8.97. The number of rotatable bonds is 9. The Bertz CT molecular complexity index is 1180. The van der Waals surface area contributed by atoms with Crippen molar-refractivity contribution in [2.24, 2.45) is 0 Å². The van der Waals surface area contributed by atoms with E-state index in [1.807, 2.05) is 6.92 Å². The molecule has 7 nitrogen and oxygen atoms in total. The first kappa shape index (κ1) is 23.4. The van der Waals surface area contributed by atoms with E-state index in [1.165, 1.54) is 25.3 Å². The first-order valence-electron chi connectivity index (χ1n) is 9.78. The third-order valence-electron chi connectivity index (χ3n) is 4.46. The van der Waals surface area contributed by atoms with Crippen molar-refractivity contribution in [1.29, 1.82) is 0 Å². The summed E-state index contributed by atoms with van der Waals surface area (Å²) in [5.74, 6) is 0.601. The lowest BCUT2D eigenvalue weighted by atomic mass is 10.3. The Balaban J connectivity index is 1.91. The number of amides is 1. The van der Waals surface area contributed by atoms with Gasteiger partial charge in [0.2, 0.25) is 5.91 Å². The quantitative estimate of drug-likeness (QED) is 0.490. The van der Waals surface area contributed by atoms with Crippen LogP contribution in [0.1, 0.15) is 6.92 Å². The van der Waals surface area contributed by atoms with E-state index in [9.17, 15) is 13.2 Å². The zero-order valence-corrected chi connectivity index (χ0v) is 19.2. The maximum absolute atomic E-state index is 13.4. The lowest BCUT2D eigenvalue weighted by molar-refractivity contribution is -0.114. The van der Waals surface area contributed by atoms with E-state index in [0.29, 0.717) is 28.8 Å². The standard InChI is InChI=1S/C23H23ClN2O5S/c1-3-31-21-9-5-7-18(15-21)25-23(27)16-26(19-8-4-6-17(24)14-19)32(28,29)22-12-10-20(30-2)11-13-22/h4-15H,3,16H2,1-2H3,(H,25,27). The zero-order valence-electron chi connectivity index (χ0n) is 17.6. The summed E-state index contributed by atoms with van der Waals surface area (Å²) in [6.45, 7) is 1.89. The molecule has 1 amide bonds. The van der Waals surface area contributed by atoms with E-state index < -0.39 is 22.5 Å². The first-order valence-corrected chi connectivity index (χ1v) is 11.6. The number of ether oxygens (including phenoxy) is 2. The van der Waals surface area contributed by atoms with E-state index in [1.54, 1.807) is 54.6 Å². The molecule has 0 heterocycles. The van der Waals surface area contributed by atoms with Gasteiger partial charge in [-0.15, -0.1) is 0 Å². The van der Waals surface area contributed by atoms with Gasteiger partial charge in [-0.25, -0.2) is 8.42 Å². The number of sulfonamides is 1. The molecule has 0 radical (unpaired) electrons. The summed E-state index contributed by atoms with van der Waals surface area (Å²) in [5.41, 5.74) is 0.764. The largest absolute Gasteiger partial charge is 0.497 e. The fourth-order valence-electron chi connectivity index (χ4n) is 2.98. The molecule has 3 aromatic carbocycles. The second-order valence-electron chi connectivity index (χ2n) is 6.68. The molecule has 3 rings (SSSR count). The normalized spacial score (nSPS) is 11.0. The van der Waals surface area contributed by atoms with Crippen molar-refractivity contribution in [3.63, 3.8) is 0 Å². The third-order valence-corrected chi connectivity index (χ3v) is 6.48. The summed E-state index contributed by atoms with van der Waals surface area (Å²) in [5, 5.41) is 3.07. The number of benzene rings is 3. The van der Waals surface area contributed by atoms with Crippen LogP contribution in [0.25, 0.3) is 0 Å². The predicted octanol–water partition coefficient (Wildman–Crippen LogP) is 4.58. The zero-order chi connectivity index (χ0) is 23.1. The number of halogens is 1. The number of carbonyl (C=O) groups is 1. The SMILES string of the molecule is CCOc1cccc(NC(=O)CN(c2cccc(Cl)c2)S(=O)(=O)c2ccc(OC)cc2)c1. The lowest BCUT2D eigenvalue weighted by Gasteiger charge is -2.24. The molecule has 168 valence electrons. The van der Waals surface area contributed by atoms with Crippen LogP contribution < -0.4 is 19.1 Å². The van der Waals surface area contributed by atoms with Crippen LogP contribution in [0, 0.1) is 0 Å². The van der Waals surface area contributed by atoms with Crippen LogP contribution in [0.15, 0.2) is 77.7 Å². The van der Waals surface area contributed by atoms with Crippen molar-refractivity contribution in [2.75, 3.05) is 29.9 Å². The van der Waals surface area contributed by atoms with E-state index >= 15 is 0 Å². The molecule has 32 heavy (non-hydrogen) atoms. The van der Waals surface area contributed by atoms with Gasteiger partial charge in [-0.05, 0) is 61.5 Å². The summed E-state index contributed by atoms with van der Waals surface area (Å²) in [6, 6.07) is 19.1. The molecule has 3 aromatic rings. The molecule has 1 N–H and O–H groups in total. The van der Waals surface area contributed by atoms with Gasteiger partial charge in [-0.1, -0.05) is 23.7 Å². The molecular weight excluding hydrogens is 452 g/mol. The molecule has 0 unspecified atom stereocenters. The van der Waals surface area contributed by atoms with E-state index in [4.69, 9.17) is 21.1 Å². The summed E-state index contributed by atoms with van der Waals surface area (Å²) in [6.07, 6.45) is 0. The van der Waals surface area contributed by atoms with Crippen molar-refractivity contribution >= 4 is 38.9 Å². The average Bonchev–Trinajstić information content (AvgIpc) is 2.78. The molecule has 0 fully saturated rings. The number of methoxy groups -OCH3 is 1. The molecule has 9 heteroatoms. The monoisotopic (exact) mass is 474 g/mol. The highest BCUT2D eigenvalue weighted by molar-refractivity contribution is 7.92. The Morgan fingerprint density at radius 2 is 1.72 bits per heavy atom. The van der Waals surface area contributed by atoms with Gasteiger partial charge >= 0.3 is 0 Å². The Kier molecular flexibility index (Phi) is 7.61. The highest BCUT2D eigenvalue weighted by Crippen LogP contribution is 2.27. The van der Waals surface area contributed by atoms with E-state index in [2.05, 4.69) is 5.32 Å². The first-order chi connectivity index (χ1) is 15.3. The number of nitrogens with one attached hydrogen (secondary N) is 1. The Hall–Kier alpha value is -3.23. The lowest BCUT2D eigenvalue weighted by Crippen LogP contribution is -2.38. The Labute approximate surface area is 192 Å². The minimum atomic E-state index is -4.07. The van der Waals surface area contributed by atoms with Gasteiger partial charge in [0.25, 0.3) is 10.0 Å². The van der Waals surface area contributed by atoms with Crippen LogP contribution in [0.2, 0.25) is 5.02 Å². The fraction of sp³-hybridized carbons (Fsp3) is 0.174. The predicted molar refractivity (Wildman–Crippen MR) is 125 cm³/mol. The van der Waals surface area contributed by atoms with Crippen LogP contribution in [-0.2, 0) is 14.8 Å². The highest BCUT2D eigenvalue weighted by atomic mass is 35.5. The average molecular weight is 475 g/mol. The van der Waals surface area contributed by atoms with Gasteiger partial charge in [0.05, 0.1) is 24.3 Å². The smallest absolute Gasteiger partial charge is 0.264 e. The minimum Gasteiger partial charge on any atom is -0.497 e. The molecule has 0 aliphatic carbocycles. The summed E-state index contributed by atoms with van der Waals surface area (Å²) in [4.78, 5) is 12.8. The third kappa shape index (κ3) is 5.72.